The minimum Gasteiger partial charge on any atom is -0.390 e. The van der Waals surface area contributed by atoms with Crippen LogP contribution in [0.5, 0.6) is 0 Å². The minimum atomic E-state index is -1.05. The van der Waals surface area contributed by atoms with E-state index in [-0.39, 0.29) is 6.42 Å². The molecule has 1 aromatic carbocycles. The highest BCUT2D eigenvalue weighted by Gasteiger charge is 2.56. The third kappa shape index (κ3) is 3.29. The van der Waals surface area contributed by atoms with Crippen molar-refractivity contribution in [1.29, 1.82) is 0 Å². The van der Waals surface area contributed by atoms with Gasteiger partial charge in [0.25, 0.3) is 0 Å². The molecule has 1 aliphatic carbocycles. The van der Waals surface area contributed by atoms with Crippen molar-refractivity contribution in [1.82, 2.24) is 4.90 Å². The molecule has 1 aliphatic heterocycles. The molecule has 0 radical (unpaired) electrons. The van der Waals surface area contributed by atoms with E-state index < -0.39 is 36.1 Å². The van der Waals surface area contributed by atoms with Gasteiger partial charge in [-0.3, -0.25) is 4.79 Å². The topological polar surface area (TPSA) is 90.0 Å². The van der Waals surface area contributed by atoms with Gasteiger partial charge in [-0.05, 0) is 54.4 Å². The molecule has 2 heterocycles. The van der Waals surface area contributed by atoms with E-state index in [0.29, 0.717) is 16.7 Å². The average molecular weight is 438 g/mol. The lowest BCUT2D eigenvalue weighted by Gasteiger charge is -2.42. The van der Waals surface area contributed by atoms with Crippen LogP contribution in [-0.4, -0.2) is 50.4 Å². The number of anilines is 1. The number of nitrogens with two attached hydrogens (primary N) is 1. The number of carbonyl (C=O) groups is 1. The number of thiocarbonyl (C=S) groups is 1. The van der Waals surface area contributed by atoms with Crippen molar-refractivity contribution < 1.29 is 15.0 Å². The maximum Gasteiger partial charge on any atom is 0.222 e. The van der Waals surface area contributed by atoms with E-state index in [0.717, 1.165) is 10.6 Å². The second-order valence-corrected chi connectivity index (χ2v) is 8.95. The van der Waals surface area contributed by atoms with Gasteiger partial charge in [0.2, 0.25) is 5.91 Å². The van der Waals surface area contributed by atoms with Gasteiger partial charge in [-0.25, -0.2) is 0 Å². The van der Waals surface area contributed by atoms with E-state index in [2.05, 4.69) is 0 Å². The Morgan fingerprint density at radius 2 is 1.96 bits per heavy atom. The van der Waals surface area contributed by atoms with Crippen LogP contribution in [0.4, 0.5) is 5.69 Å². The predicted octanol–water partition coefficient (Wildman–Crippen LogP) is 1.97. The van der Waals surface area contributed by atoms with Gasteiger partial charge in [-0.2, -0.15) is 0 Å². The molecule has 148 valence electrons. The minimum absolute atomic E-state index is 0.0945. The Morgan fingerprint density at radius 3 is 2.57 bits per heavy atom. The normalized spacial score (nSPS) is 29.8. The summed E-state index contributed by atoms with van der Waals surface area (Å²) in [4.78, 5) is 17.1. The van der Waals surface area contributed by atoms with Crippen molar-refractivity contribution in [2.45, 2.75) is 37.3 Å². The second-order valence-electron chi connectivity index (χ2n) is 7.12. The third-order valence-electron chi connectivity index (χ3n) is 5.49. The Morgan fingerprint density at radius 1 is 1.25 bits per heavy atom. The Bertz CT molecular complexity index is 877. The zero-order valence-corrected chi connectivity index (χ0v) is 17.2. The van der Waals surface area contributed by atoms with Crippen LogP contribution in [0.25, 0.3) is 0 Å². The van der Waals surface area contributed by atoms with Crippen LogP contribution in [0.3, 0.4) is 0 Å². The molecule has 1 aromatic heterocycles. The molecule has 0 bridgehead atoms. The van der Waals surface area contributed by atoms with E-state index in [1.807, 2.05) is 39.4 Å². The number of primary amides is 1. The third-order valence-corrected chi connectivity index (χ3v) is 7.03. The Labute approximate surface area is 177 Å². The van der Waals surface area contributed by atoms with Crippen molar-refractivity contribution in [3.8, 4) is 0 Å². The molecular formula is C19H20ClN3O3S2. The smallest absolute Gasteiger partial charge is 0.222 e. The number of halogens is 1. The molecule has 6 nitrogen and oxygen atoms in total. The summed E-state index contributed by atoms with van der Waals surface area (Å²) in [6, 6.07) is 10.1. The number of benzene rings is 1. The quantitative estimate of drug-likeness (QED) is 0.633. The fourth-order valence-corrected chi connectivity index (χ4v) is 5.46. The highest BCUT2D eigenvalue weighted by Crippen LogP contribution is 2.41. The maximum atomic E-state index is 12.2. The summed E-state index contributed by atoms with van der Waals surface area (Å²) >= 11 is 13.4. The van der Waals surface area contributed by atoms with Crippen LogP contribution < -0.4 is 10.6 Å². The molecule has 1 saturated carbocycles. The van der Waals surface area contributed by atoms with Gasteiger partial charge in [0.1, 0.15) is 6.10 Å². The standard InChI is InChI=1S/C19H20ClN3O3S2/c20-10-3-5-11(6-4-10)23-15-13(18(21)26)8-14(24)17(25)16(15)22(19(23)27)9-12-2-1-7-28-12/h1-7,13-17,24-25H,8-9H2,(H2,21,26)/t13-,14-,15-,16-,17+/m1/s1. The van der Waals surface area contributed by atoms with E-state index in [1.165, 1.54) is 0 Å². The van der Waals surface area contributed by atoms with Crippen LogP contribution in [0.15, 0.2) is 41.8 Å². The first-order valence-electron chi connectivity index (χ1n) is 8.91. The number of hydrogen-bond acceptors (Lipinski definition) is 5. The first kappa shape index (κ1) is 19.6. The molecule has 1 saturated heterocycles. The maximum absolute atomic E-state index is 12.2. The van der Waals surface area contributed by atoms with Gasteiger partial charge < -0.3 is 25.7 Å². The Balaban J connectivity index is 1.79. The molecule has 1 amide bonds. The molecule has 0 unspecified atom stereocenters. The first-order valence-corrected chi connectivity index (χ1v) is 10.6. The molecular weight excluding hydrogens is 418 g/mol. The predicted molar refractivity (Wildman–Crippen MR) is 113 cm³/mol. The van der Waals surface area contributed by atoms with E-state index >= 15 is 0 Å². The summed E-state index contributed by atoms with van der Waals surface area (Å²) in [6.07, 6.45) is -2.00. The lowest BCUT2D eigenvalue weighted by Crippen LogP contribution is -2.60. The molecule has 2 fully saturated rings. The largest absolute Gasteiger partial charge is 0.390 e. The van der Waals surface area contributed by atoms with Gasteiger partial charge in [0.05, 0.1) is 30.7 Å². The van der Waals surface area contributed by atoms with E-state index in [1.54, 1.807) is 23.5 Å². The van der Waals surface area contributed by atoms with Gasteiger partial charge in [0.15, 0.2) is 5.11 Å². The van der Waals surface area contributed by atoms with Crippen molar-refractivity contribution in [3.05, 3.63) is 51.7 Å². The van der Waals surface area contributed by atoms with Crippen LogP contribution >= 0.6 is 35.2 Å². The monoisotopic (exact) mass is 437 g/mol. The number of nitrogens with zero attached hydrogens (tertiary/aromatic N) is 2. The zero-order chi connectivity index (χ0) is 20.0. The molecule has 2 aliphatic rings. The van der Waals surface area contributed by atoms with Crippen molar-refractivity contribution in [2.75, 3.05) is 4.90 Å². The van der Waals surface area contributed by atoms with Gasteiger partial charge in [0, 0.05) is 15.6 Å². The number of fused-ring (bicyclic) bond motifs is 1. The first-order chi connectivity index (χ1) is 13.4. The lowest BCUT2D eigenvalue weighted by atomic mass is 9.77. The van der Waals surface area contributed by atoms with Crippen molar-refractivity contribution in [3.63, 3.8) is 0 Å². The fourth-order valence-electron chi connectivity index (χ4n) is 4.21. The fraction of sp³-hybridized carbons (Fsp3) is 0.368. The second kappa shape index (κ2) is 7.61. The summed E-state index contributed by atoms with van der Waals surface area (Å²) in [5.41, 5.74) is 6.45. The SMILES string of the molecule is NC(=O)[C@@H]1C[C@@H](O)[C@H](O)[C@H]2[C@@H]1N(c1ccc(Cl)cc1)C(=S)N2Cc1cccs1. The number of aliphatic hydroxyl groups excluding tert-OH is 2. The molecule has 0 spiro atoms. The van der Waals surface area contributed by atoms with E-state index in [9.17, 15) is 15.0 Å². The van der Waals surface area contributed by atoms with Crippen LogP contribution in [0, 0.1) is 5.92 Å². The van der Waals surface area contributed by atoms with Crippen LogP contribution in [-0.2, 0) is 11.3 Å². The van der Waals surface area contributed by atoms with Gasteiger partial charge in [-0.1, -0.05) is 17.7 Å². The van der Waals surface area contributed by atoms with E-state index in [4.69, 9.17) is 29.6 Å². The summed E-state index contributed by atoms with van der Waals surface area (Å²) in [5.74, 6) is -1.16. The van der Waals surface area contributed by atoms with Crippen molar-refractivity contribution >= 4 is 51.9 Å². The molecule has 2 aromatic rings. The lowest BCUT2D eigenvalue weighted by molar-refractivity contribution is -0.129. The number of thiophene rings is 1. The van der Waals surface area contributed by atoms with Gasteiger partial charge in [-0.15, -0.1) is 11.3 Å². The van der Waals surface area contributed by atoms with Crippen LogP contribution in [0.2, 0.25) is 5.02 Å². The summed E-state index contributed by atoms with van der Waals surface area (Å²) in [6.45, 7) is 0.483. The number of rotatable bonds is 4. The highest BCUT2D eigenvalue weighted by molar-refractivity contribution is 7.80. The highest BCUT2D eigenvalue weighted by atomic mass is 35.5. The number of amides is 1. The average Bonchev–Trinajstić information content (AvgIpc) is 3.26. The molecule has 4 rings (SSSR count). The molecule has 4 N–H and O–H groups in total. The molecule has 5 atom stereocenters. The number of carbonyl (C=O) groups excluding carboxylic acids is 1. The molecule has 9 heteroatoms. The number of aliphatic hydroxyl groups is 2. The van der Waals surface area contributed by atoms with Crippen molar-refractivity contribution in [2.24, 2.45) is 11.7 Å². The zero-order valence-electron chi connectivity index (χ0n) is 14.8. The van der Waals surface area contributed by atoms with Crippen LogP contribution in [0.1, 0.15) is 11.3 Å². The summed E-state index contributed by atoms with van der Waals surface area (Å²) in [7, 11) is 0. The Kier molecular flexibility index (Phi) is 5.32. The number of hydrogen-bond donors (Lipinski definition) is 3. The summed E-state index contributed by atoms with van der Waals surface area (Å²) < 4.78 is 0. The molecule has 28 heavy (non-hydrogen) atoms. The Hall–Kier alpha value is -1.71. The van der Waals surface area contributed by atoms with Gasteiger partial charge >= 0.3 is 0 Å². The summed E-state index contributed by atoms with van der Waals surface area (Å²) in [5, 5.41) is 24.3.